The number of aromatic nitrogens is 2. The van der Waals surface area contributed by atoms with Crippen LogP contribution >= 0.6 is 23.5 Å². The van der Waals surface area contributed by atoms with Crippen LogP contribution in [0.25, 0.3) is 0 Å². The van der Waals surface area contributed by atoms with Gasteiger partial charge in [-0.05, 0) is 12.3 Å². The van der Waals surface area contributed by atoms with Crippen LogP contribution in [-0.4, -0.2) is 58.2 Å². The minimum absolute atomic E-state index is 0.108. The van der Waals surface area contributed by atoms with Gasteiger partial charge in [-0.15, -0.1) is 0 Å². The fraction of sp³-hybridized carbons (Fsp3) is 0.636. The molecular formula is C11H17N2O14P3. The summed E-state index contributed by atoms with van der Waals surface area (Å²) in [4.78, 5) is 60.9. The van der Waals surface area contributed by atoms with Gasteiger partial charge in [-0.3, -0.25) is 18.9 Å². The number of phosphoric acid groups is 3. The van der Waals surface area contributed by atoms with Gasteiger partial charge in [-0.1, -0.05) is 0 Å². The van der Waals surface area contributed by atoms with E-state index >= 15 is 0 Å². The summed E-state index contributed by atoms with van der Waals surface area (Å²) in [6.45, 7) is -0.784. The van der Waals surface area contributed by atoms with Crippen LogP contribution in [0.3, 0.4) is 0 Å². The highest BCUT2D eigenvalue weighted by Gasteiger charge is 2.72. The van der Waals surface area contributed by atoms with Gasteiger partial charge in [0.15, 0.2) is 0 Å². The summed E-state index contributed by atoms with van der Waals surface area (Å²) in [5, 5.41) is 20.7. The molecule has 0 saturated heterocycles. The van der Waals surface area contributed by atoms with E-state index < -0.39 is 70.9 Å². The van der Waals surface area contributed by atoms with Crippen LogP contribution in [0.15, 0.2) is 21.9 Å². The molecule has 0 spiro atoms. The number of aromatic amines is 1. The van der Waals surface area contributed by atoms with Crippen molar-refractivity contribution in [2.75, 3.05) is 6.61 Å². The van der Waals surface area contributed by atoms with E-state index in [1.165, 1.54) is 0 Å². The molecule has 3 rings (SSSR count). The number of hydrogen-bond acceptors (Lipinski definition) is 10. The maximum absolute atomic E-state index is 12.0. The summed E-state index contributed by atoms with van der Waals surface area (Å²) in [5.74, 6) is -0.640. The molecule has 30 heavy (non-hydrogen) atoms. The Morgan fingerprint density at radius 3 is 2.30 bits per heavy atom. The third kappa shape index (κ3) is 4.75. The molecule has 1 aromatic rings. The van der Waals surface area contributed by atoms with Gasteiger partial charge in [-0.2, -0.15) is 8.62 Å². The Labute approximate surface area is 166 Å². The lowest BCUT2D eigenvalue weighted by molar-refractivity contribution is -0.0306. The fourth-order valence-electron chi connectivity index (χ4n) is 3.69. The molecule has 0 aliphatic heterocycles. The van der Waals surface area contributed by atoms with E-state index in [-0.39, 0.29) is 6.42 Å². The number of fused-ring (bicyclic) bond motifs is 1. The second-order valence-corrected chi connectivity index (χ2v) is 11.3. The lowest BCUT2D eigenvalue weighted by atomic mass is 10.0. The van der Waals surface area contributed by atoms with Crippen molar-refractivity contribution >= 4 is 23.5 Å². The average Bonchev–Trinajstić information content (AvgIpc) is 3.21. The summed E-state index contributed by atoms with van der Waals surface area (Å²) in [6, 6.07) is 0.0171. The van der Waals surface area contributed by atoms with Crippen molar-refractivity contribution in [1.29, 1.82) is 0 Å². The number of nitrogens with one attached hydrogen (secondary N) is 1. The van der Waals surface area contributed by atoms with Crippen LogP contribution in [-0.2, 0) is 26.8 Å². The molecule has 16 nitrogen and oxygen atoms in total. The van der Waals surface area contributed by atoms with Crippen LogP contribution in [0, 0.1) is 11.3 Å². The van der Waals surface area contributed by atoms with Gasteiger partial charge in [0.2, 0.25) is 0 Å². The van der Waals surface area contributed by atoms with Crippen molar-refractivity contribution in [3.8, 4) is 0 Å². The molecule has 2 aliphatic rings. The largest absolute Gasteiger partial charge is 0.490 e. The van der Waals surface area contributed by atoms with E-state index in [0.717, 1.165) is 16.8 Å². The molecule has 2 fully saturated rings. The maximum atomic E-state index is 12.0. The molecule has 0 amide bonds. The highest BCUT2D eigenvalue weighted by atomic mass is 31.3. The summed E-state index contributed by atoms with van der Waals surface area (Å²) in [5.41, 5.74) is -2.86. The molecule has 2 unspecified atom stereocenters. The van der Waals surface area contributed by atoms with Crippen LogP contribution < -0.4 is 11.2 Å². The molecule has 0 bridgehead atoms. The summed E-state index contributed by atoms with van der Waals surface area (Å²) < 4.78 is 46.6. The van der Waals surface area contributed by atoms with Crippen LogP contribution in [0.5, 0.6) is 0 Å². The van der Waals surface area contributed by atoms with Crippen molar-refractivity contribution in [2.24, 2.45) is 11.3 Å². The second-order valence-electron chi connectivity index (χ2n) is 6.85. The van der Waals surface area contributed by atoms with Crippen molar-refractivity contribution < 1.29 is 56.6 Å². The zero-order chi connectivity index (χ0) is 22.7. The quantitative estimate of drug-likeness (QED) is 0.196. The van der Waals surface area contributed by atoms with Crippen LogP contribution in [0.2, 0.25) is 0 Å². The van der Waals surface area contributed by atoms with E-state index in [2.05, 4.69) is 13.1 Å². The van der Waals surface area contributed by atoms with Crippen LogP contribution in [0.4, 0.5) is 0 Å². The third-order valence-corrected chi connectivity index (χ3v) is 8.72. The molecule has 7 atom stereocenters. The highest BCUT2D eigenvalue weighted by molar-refractivity contribution is 7.66. The number of H-pyrrole nitrogens is 1. The Morgan fingerprint density at radius 1 is 1.10 bits per heavy atom. The van der Waals surface area contributed by atoms with E-state index in [4.69, 9.17) is 14.7 Å². The normalized spacial score (nSPS) is 34.7. The van der Waals surface area contributed by atoms with E-state index in [1.807, 2.05) is 4.98 Å². The summed E-state index contributed by atoms with van der Waals surface area (Å²) in [6.07, 6.45) is -1.84. The number of phosphoric ester groups is 1. The number of rotatable bonds is 8. The Balaban J connectivity index is 1.73. The van der Waals surface area contributed by atoms with E-state index in [9.17, 15) is 38.4 Å². The predicted octanol–water partition coefficient (Wildman–Crippen LogP) is -1.84. The standard InChI is InChI=1S/C11H17N2O14P3/c14-6-1-2-13(10(17)12-6)7-5-3-11(5,9(16)8(7)15)4-25-29(21,22)27-30(23,24)26-28(18,19)20/h1-2,5,7-9,15-16H,3-4H2,(H,21,22)(H,23,24)(H,12,14,17)(H2,18,19,20)/t5-,7+,8-,9-,11-/m0/s1. The van der Waals surface area contributed by atoms with Crippen LogP contribution in [0.1, 0.15) is 12.5 Å². The lowest BCUT2D eigenvalue weighted by Crippen LogP contribution is -2.40. The smallest absolute Gasteiger partial charge is 0.390 e. The first-order valence-corrected chi connectivity index (χ1v) is 12.5. The van der Waals surface area contributed by atoms with Gasteiger partial charge in [0.05, 0.1) is 18.8 Å². The molecule has 0 radical (unpaired) electrons. The topological polar surface area (TPSA) is 255 Å². The molecule has 1 aromatic heterocycles. The average molecular weight is 494 g/mol. The summed E-state index contributed by atoms with van der Waals surface area (Å²) in [7, 11) is -16.7. The van der Waals surface area contributed by atoms with Gasteiger partial charge in [0.1, 0.15) is 6.10 Å². The monoisotopic (exact) mass is 494 g/mol. The molecule has 1 heterocycles. The first-order chi connectivity index (χ1) is 13.6. The summed E-state index contributed by atoms with van der Waals surface area (Å²) >= 11 is 0. The molecule has 170 valence electrons. The number of nitrogens with zero attached hydrogens (tertiary/aromatic N) is 1. The van der Waals surface area contributed by atoms with E-state index in [0.29, 0.717) is 0 Å². The minimum Gasteiger partial charge on any atom is -0.390 e. The third-order valence-electron chi connectivity index (χ3n) is 4.94. The Hall–Kier alpha value is -0.990. The van der Waals surface area contributed by atoms with Gasteiger partial charge in [-0.25, -0.2) is 18.5 Å². The molecule has 19 heteroatoms. The fourth-order valence-corrected chi connectivity index (χ4v) is 6.79. The minimum atomic E-state index is -5.70. The number of aliphatic hydroxyl groups is 2. The zero-order valence-electron chi connectivity index (χ0n) is 14.6. The first kappa shape index (κ1) is 23.7. The SMILES string of the molecule is O=c1ccn([C@H]2[C@H](O)[C@H](O)[C@]3(COP(=O)(O)OP(=O)(O)OP(=O)(O)O)C[C@@H]23)c(=O)[nH]1. The zero-order valence-corrected chi connectivity index (χ0v) is 17.3. The molecule has 2 saturated carbocycles. The highest BCUT2D eigenvalue weighted by Crippen LogP contribution is 2.70. The maximum Gasteiger partial charge on any atom is 0.490 e. The van der Waals surface area contributed by atoms with Gasteiger partial charge >= 0.3 is 29.2 Å². The molecular weight excluding hydrogens is 477 g/mol. The van der Waals surface area contributed by atoms with Crippen molar-refractivity contribution in [1.82, 2.24) is 9.55 Å². The molecule has 0 aromatic carbocycles. The van der Waals surface area contributed by atoms with Crippen molar-refractivity contribution in [3.63, 3.8) is 0 Å². The van der Waals surface area contributed by atoms with Gasteiger partial charge in [0.25, 0.3) is 5.56 Å². The van der Waals surface area contributed by atoms with Crippen molar-refractivity contribution in [3.05, 3.63) is 33.1 Å². The van der Waals surface area contributed by atoms with Gasteiger partial charge < -0.3 is 29.8 Å². The van der Waals surface area contributed by atoms with Gasteiger partial charge in [0, 0.05) is 17.7 Å². The molecule has 2 aliphatic carbocycles. The first-order valence-electron chi connectivity index (χ1n) is 8.03. The lowest BCUT2D eigenvalue weighted by Gasteiger charge is -2.24. The predicted molar refractivity (Wildman–Crippen MR) is 92.7 cm³/mol. The Kier molecular flexibility index (Phi) is 5.96. The Morgan fingerprint density at radius 2 is 1.73 bits per heavy atom. The van der Waals surface area contributed by atoms with Crippen molar-refractivity contribution in [2.45, 2.75) is 24.7 Å². The number of aliphatic hydroxyl groups excluding tert-OH is 2. The number of hydrogen-bond donors (Lipinski definition) is 7. The Bertz CT molecular complexity index is 1090. The second kappa shape index (κ2) is 7.55. The molecule has 7 N–H and O–H groups in total. The van der Waals surface area contributed by atoms with E-state index in [1.54, 1.807) is 0 Å².